The fourth-order valence-electron chi connectivity index (χ4n) is 2.15. The molecule has 0 radical (unpaired) electrons. The van der Waals surface area contributed by atoms with Gasteiger partial charge in [0, 0.05) is 0 Å². The van der Waals surface area contributed by atoms with Crippen LogP contribution in [0.3, 0.4) is 0 Å². The second kappa shape index (κ2) is 15.4. The summed E-state index contributed by atoms with van der Waals surface area (Å²) in [6.07, 6.45) is 13.9. The van der Waals surface area contributed by atoms with E-state index in [1.165, 1.54) is 51.4 Å². The minimum Gasteiger partial charge on any atom is -0.306 e. The van der Waals surface area contributed by atoms with Gasteiger partial charge >= 0.3 is 6.80 Å². The van der Waals surface area contributed by atoms with E-state index >= 15 is 0 Å². The smallest absolute Gasteiger partial charge is 0.306 e. The molecule has 0 aliphatic carbocycles. The van der Waals surface area contributed by atoms with Gasteiger partial charge in [-0.3, -0.25) is 0 Å². The maximum absolute atomic E-state index is 13.8. The van der Waals surface area contributed by atoms with Crippen molar-refractivity contribution in [1.82, 2.24) is 0 Å². The predicted octanol–water partition coefficient (Wildman–Crippen LogP) is 6.93. The van der Waals surface area contributed by atoms with Crippen LogP contribution >= 0.6 is 6.80 Å². The van der Waals surface area contributed by atoms with Crippen molar-refractivity contribution in [2.24, 2.45) is 0 Å². The molecule has 0 aliphatic heterocycles. The predicted molar refractivity (Wildman–Crippen MR) is 94.0 cm³/mol. The van der Waals surface area contributed by atoms with Gasteiger partial charge in [0.15, 0.2) is 0 Å². The highest BCUT2D eigenvalue weighted by molar-refractivity contribution is 8.07. The fraction of sp³-hybridized carbons (Fsp3) is 1.00. The summed E-state index contributed by atoms with van der Waals surface area (Å²) in [5.74, 6) is 0. The molecule has 0 aliphatic rings. The zero-order valence-corrected chi connectivity index (χ0v) is 15.7. The van der Waals surface area contributed by atoms with Crippen LogP contribution in [0.25, 0.3) is 0 Å². The van der Waals surface area contributed by atoms with Crippen molar-refractivity contribution in [3.05, 3.63) is 0 Å². The van der Waals surface area contributed by atoms with E-state index in [0.29, 0.717) is 13.2 Å². The van der Waals surface area contributed by atoms with Crippen molar-refractivity contribution in [3.63, 3.8) is 0 Å². The molecule has 0 aromatic rings. The Balaban J connectivity index is 3.37. The number of rotatable bonds is 16. The second-order valence-electron chi connectivity index (χ2n) is 5.63. The van der Waals surface area contributed by atoms with Crippen LogP contribution in [0, 0.1) is 0 Å². The molecule has 0 amide bonds. The Labute approximate surface area is 136 Å². The minimum absolute atomic E-state index is 0.399. The molecular weight excluding hydrogens is 306 g/mol. The van der Waals surface area contributed by atoms with Crippen molar-refractivity contribution in [2.45, 2.75) is 90.9 Å². The summed E-state index contributed by atoms with van der Waals surface area (Å²) in [7, 11) is 0. The topological polar surface area (TPSA) is 18.5 Å². The molecule has 128 valence electrons. The lowest BCUT2D eigenvalue weighted by Crippen LogP contribution is -1.96. The van der Waals surface area contributed by atoms with E-state index in [4.69, 9.17) is 20.9 Å². The number of hydrogen-bond donors (Lipinski definition) is 0. The Morgan fingerprint density at radius 2 is 1.00 bits per heavy atom. The highest BCUT2D eigenvalue weighted by atomic mass is 32.5. The maximum Gasteiger partial charge on any atom is 0.365 e. The van der Waals surface area contributed by atoms with Crippen LogP contribution in [0.4, 0.5) is 4.20 Å². The first-order valence-electron chi connectivity index (χ1n) is 8.71. The summed E-state index contributed by atoms with van der Waals surface area (Å²) in [4.78, 5) is 0. The highest BCUT2D eigenvalue weighted by Gasteiger charge is 2.16. The van der Waals surface area contributed by atoms with E-state index < -0.39 is 6.80 Å². The third kappa shape index (κ3) is 16.7. The number of halogens is 1. The van der Waals surface area contributed by atoms with Gasteiger partial charge in [0.05, 0.1) is 13.2 Å². The van der Waals surface area contributed by atoms with Gasteiger partial charge in [-0.2, -0.15) is 4.20 Å². The zero-order valence-electron chi connectivity index (χ0n) is 13.9. The molecule has 0 spiro atoms. The molecular formula is C16H34FO2PS. The average molecular weight is 340 g/mol. The minimum atomic E-state index is -3.48. The van der Waals surface area contributed by atoms with Crippen LogP contribution in [0.15, 0.2) is 0 Å². The van der Waals surface area contributed by atoms with Crippen LogP contribution in [-0.2, 0) is 20.9 Å². The van der Waals surface area contributed by atoms with Crippen molar-refractivity contribution >= 4 is 18.6 Å². The van der Waals surface area contributed by atoms with Gasteiger partial charge in [-0.25, -0.2) is 0 Å². The summed E-state index contributed by atoms with van der Waals surface area (Å²) in [5, 5.41) is 0. The Morgan fingerprint density at radius 3 is 1.38 bits per heavy atom. The molecule has 5 heteroatoms. The summed E-state index contributed by atoms with van der Waals surface area (Å²) in [5.41, 5.74) is 0. The molecule has 2 nitrogen and oxygen atoms in total. The van der Waals surface area contributed by atoms with Crippen LogP contribution in [0.2, 0.25) is 0 Å². The van der Waals surface area contributed by atoms with Crippen molar-refractivity contribution in [2.75, 3.05) is 13.2 Å². The Kier molecular flexibility index (Phi) is 15.8. The third-order valence-corrected chi connectivity index (χ3v) is 5.10. The summed E-state index contributed by atoms with van der Waals surface area (Å²) in [6.45, 7) is 1.71. The van der Waals surface area contributed by atoms with Gasteiger partial charge in [0.2, 0.25) is 0 Å². The van der Waals surface area contributed by atoms with Crippen molar-refractivity contribution < 1.29 is 13.2 Å². The Bertz CT molecular complexity index is 243. The van der Waals surface area contributed by atoms with Gasteiger partial charge in [-0.15, -0.1) is 0 Å². The first-order chi connectivity index (χ1) is 10.1. The van der Waals surface area contributed by atoms with Crippen LogP contribution in [0.1, 0.15) is 90.9 Å². The molecule has 0 bridgehead atoms. The zero-order chi connectivity index (χ0) is 15.8. The third-order valence-electron chi connectivity index (χ3n) is 3.49. The monoisotopic (exact) mass is 340 g/mol. The molecule has 0 heterocycles. The lowest BCUT2D eigenvalue weighted by Gasteiger charge is -2.13. The quantitative estimate of drug-likeness (QED) is 0.224. The molecule has 0 aromatic carbocycles. The Morgan fingerprint density at radius 1 is 0.667 bits per heavy atom. The highest BCUT2D eigenvalue weighted by Crippen LogP contribution is 2.50. The first kappa shape index (κ1) is 21.5. The van der Waals surface area contributed by atoms with E-state index in [9.17, 15) is 4.20 Å². The molecule has 0 saturated carbocycles. The van der Waals surface area contributed by atoms with Crippen LogP contribution in [-0.4, -0.2) is 13.2 Å². The standard InChI is InChI=1S/C16H34FO2PS/c1-3-5-7-9-11-13-15-18-20(17,21)19-16-14-12-10-8-6-4-2/h3-16H2,1-2H3. The van der Waals surface area contributed by atoms with E-state index in [1.807, 2.05) is 0 Å². The molecule has 0 atom stereocenters. The lowest BCUT2D eigenvalue weighted by molar-refractivity contribution is 0.213. The lowest BCUT2D eigenvalue weighted by atomic mass is 10.1. The SMILES string of the molecule is CCCCCCCCOP(F)(=S)OCCCCCCCC. The van der Waals surface area contributed by atoms with Gasteiger partial charge in [0.25, 0.3) is 0 Å². The molecule has 0 saturated heterocycles. The van der Waals surface area contributed by atoms with Gasteiger partial charge < -0.3 is 9.05 Å². The normalized spacial score (nSPS) is 12.0. The largest absolute Gasteiger partial charge is 0.365 e. The first-order valence-corrected chi connectivity index (χ1v) is 11.2. The second-order valence-corrected chi connectivity index (χ2v) is 8.32. The van der Waals surface area contributed by atoms with Gasteiger partial charge in [-0.1, -0.05) is 78.1 Å². The van der Waals surface area contributed by atoms with Crippen LogP contribution < -0.4 is 0 Å². The van der Waals surface area contributed by atoms with E-state index in [0.717, 1.165) is 25.7 Å². The van der Waals surface area contributed by atoms with Crippen LogP contribution in [0.5, 0.6) is 0 Å². The molecule has 0 unspecified atom stereocenters. The maximum atomic E-state index is 13.8. The average Bonchev–Trinajstić information content (AvgIpc) is 2.45. The number of hydrogen-bond acceptors (Lipinski definition) is 3. The summed E-state index contributed by atoms with van der Waals surface area (Å²) in [6, 6.07) is 0. The molecule has 0 aromatic heterocycles. The van der Waals surface area contributed by atoms with Gasteiger partial charge in [0.1, 0.15) is 0 Å². The van der Waals surface area contributed by atoms with E-state index in [2.05, 4.69) is 13.8 Å². The number of unbranched alkanes of at least 4 members (excludes halogenated alkanes) is 10. The molecule has 0 fully saturated rings. The van der Waals surface area contributed by atoms with Crippen molar-refractivity contribution in [3.8, 4) is 0 Å². The van der Waals surface area contributed by atoms with Gasteiger partial charge in [-0.05, 0) is 24.6 Å². The molecule has 0 rings (SSSR count). The van der Waals surface area contributed by atoms with Crippen molar-refractivity contribution in [1.29, 1.82) is 0 Å². The summed E-state index contributed by atoms with van der Waals surface area (Å²) >= 11 is 4.78. The fourth-order valence-corrected chi connectivity index (χ4v) is 3.37. The van der Waals surface area contributed by atoms with E-state index in [1.54, 1.807) is 0 Å². The van der Waals surface area contributed by atoms with E-state index in [-0.39, 0.29) is 0 Å². The summed E-state index contributed by atoms with van der Waals surface area (Å²) < 4.78 is 24.1. The molecule has 0 N–H and O–H groups in total. The molecule has 21 heavy (non-hydrogen) atoms. The Hall–Kier alpha value is 0.500.